The van der Waals surface area contributed by atoms with Crippen LogP contribution in [0.3, 0.4) is 0 Å². The van der Waals surface area contributed by atoms with Gasteiger partial charge < -0.3 is 5.73 Å². The molecule has 0 saturated carbocycles. The first-order valence-corrected chi connectivity index (χ1v) is 7.37. The van der Waals surface area contributed by atoms with Gasteiger partial charge >= 0.3 is 0 Å². The van der Waals surface area contributed by atoms with Gasteiger partial charge in [-0.1, -0.05) is 13.0 Å². The number of nitrogens with zero attached hydrogens (tertiary/aromatic N) is 1. The van der Waals surface area contributed by atoms with Crippen molar-refractivity contribution in [3.8, 4) is 0 Å². The second kappa shape index (κ2) is 5.41. The number of nitrogens with one attached hydrogen (secondary N) is 2. The Balaban J connectivity index is 2.26. The first-order valence-electron chi connectivity index (χ1n) is 5.88. The lowest BCUT2D eigenvalue weighted by Crippen LogP contribution is -2.24. The van der Waals surface area contributed by atoms with Crippen LogP contribution in [0.15, 0.2) is 35.5 Å². The van der Waals surface area contributed by atoms with Gasteiger partial charge in [0.05, 0.1) is 11.1 Å². The number of aryl methyl sites for hydroxylation is 1. The fourth-order valence-electron chi connectivity index (χ4n) is 1.74. The summed E-state index contributed by atoms with van der Waals surface area (Å²) in [6.45, 7) is 2.09. The highest BCUT2D eigenvalue weighted by molar-refractivity contribution is 7.89. The molecule has 0 aliphatic rings. The van der Waals surface area contributed by atoms with Gasteiger partial charge in [0.25, 0.3) is 0 Å². The van der Waals surface area contributed by atoms with Crippen LogP contribution in [0.5, 0.6) is 0 Å². The summed E-state index contributed by atoms with van der Waals surface area (Å²) in [7, 11) is -3.57. The van der Waals surface area contributed by atoms with Crippen molar-refractivity contribution >= 4 is 15.7 Å². The van der Waals surface area contributed by atoms with Gasteiger partial charge in [0, 0.05) is 24.0 Å². The van der Waals surface area contributed by atoms with Crippen LogP contribution in [0.25, 0.3) is 0 Å². The number of H-pyrrole nitrogens is 1. The molecule has 0 fully saturated rings. The predicted octanol–water partition coefficient (Wildman–Crippen LogP) is 1.03. The SMILES string of the molecule is CCc1ccc(N)cc1S(=O)(=O)NCc1cn[nH]c1. The van der Waals surface area contributed by atoms with E-state index in [2.05, 4.69) is 14.9 Å². The lowest BCUT2D eigenvalue weighted by atomic mass is 10.1. The molecule has 0 atom stereocenters. The molecule has 6 nitrogen and oxygen atoms in total. The topological polar surface area (TPSA) is 101 Å². The minimum Gasteiger partial charge on any atom is -0.399 e. The van der Waals surface area contributed by atoms with Gasteiger partial charge in [-0.25, -0.2) is 13.1 Å². The van der Waals surface area contributed by atoms with Crippen molar-refractivity contribution in [1.29, 1.82) is 0 Å². The fraction of sp³-hybridized carbons (Fsp3) is 0.250. The van der Waals surface area contributed by atoms with Crippen molar-refractivity contribution in [2.45, 2.75) is 24.8 Å². The van der Waals surface area contributed by atoms with Gasteiger partial charge in [-0.2, -0.15) is 5.10 Å². The predicted molar refractivity (Wildman–Crippen MR) is 72.8 cm³/mol. The smallest absolute Gasteiger partial charge is 0.241 e. The summed E-state index contributed by atoms with van der Waals surface area (Å²) in [4.78, 5) is 0.235. The summed E-state index contributed by atoms with van der Waals surface area (Å²) in [5.41, 5.74) is 7.61. The lowest BCUT2D eigenvalue weighted by Gasteiger charge is -2.10. The summed E-state index contributed by atoms with van der Waals surface area (Å²) in [6, 6.07) is 4.92. The van der Waals surface area contributed by atoms with Crippen LogP contribution in [0.2, 0.25) is 0 Å². The molecular formula is C12H16N4O2S. The van der Waals surface area contributed by atoms with Gasteiger partial charge in [0.15, 0.2) is 0 Å². The minimum atomic E-state index is -3.57. The molecule has 7 heteroatoms. The van der Waals surface area contributed by atoms with E-state index in [4.69, 9.17) is 5.73 Å². The second-order valence-corrected chi connectivity index (χ2v) is 5.89. The van der Waals surface area contributed by atoms with E-state index in [-0.39, 0.29) is 11.4 Å². The maximum atomic E-state index is 12.3. The molecule has 1 heterocycles. The number of aromatic amines is 1. The van der Waals surface area contributed by atoms with E-state index in [9.17, 15) is 8.42 Å². The Morgan fingerprint density at radius 1 is 1.42 bits per heavy atom. The second-order valence-electron chi connectivity index (χ2n) is 4.15. The van der Waals surface area contributed by atoms with Crippen molar-refractivity contribution in [1.82, 2.24) is 14.9 Å². The number of hydrogen-bond donors (Lipinski definition) is 3. The van der Waals surface area contributed by atoms with Gasteiger partial charge in [0.2, 0.25) is 10.0 Å². The largest absolute Gasteiger partial charge is 0.399 e. The molecule has 0 radical (unpaired) electrons. The number of nitrogens with two attached hydrogens (primary N) is 1. The monoisotopic (exact) mass is 280 g/mol. The summed E-state index contributed by atoms with van der Waals surface area (Å²) >= 11 is 0. The molecule has 1 aromatic heterocycles. The quantitative estimate of drug-likeness (QED) is 0.712. The normalized spacial score (nSPS) is 11.6. The highest BCUT2D eigenvalue weighted by Crippen LogP contribution is 2.19. The van der Waals surface area contributed by atoms with E-state index in [1.807, 2.05) is 6.92 Å². The average molecular weight is 280 g/mol. The zero-order chi connectivity index (χ0) is 13.9. The van der Waals surface area contributed by atoms with Crippen LogP contribution in [-0.4, -0.2) is 18.6 Å². The Morgan fingerprint density at radius 2 is 2.21 bits per heavy atom. The molecule has 0 unspecified atom stereocenters. The lowest BCUT2D eigenvalue weighted by molar-refractivity contribution is 0.580. The van der Waals surface area contributed by atoms with E-state index in [0.717, 1.165) is 11.1 Å². The molecule has 4 N–H and O–H groups in total. The number of aromatic nitrogens is 2. The molecule has 2 rings (SSSR count). The van der Waals surface area contributed by atoms with E-state index in [1.54, 1.807) is 24.5 Å². The van der Waals surface area contributed by atoms with E-state index >= 15 is 0 Å². The summed E-state index contributed by atoms with van der Waals surface area (Å²) in [6.07, 6.45) is 3.84. The third kappa shape index (κ3) is 3.12. The van der Waals surface area contributed by atoms with Crippen LogP contribution in [0, 0.1) is 0 Å². The molecule has 0 amide bonds. The first kappa shape index (κ1) is 13.6. The molecule has 102 valence electrons. The minimum absolute atomic E-state index is 0.191. The molecule has 0 saturated heterocycles. The number of hydrogen-bond acceptors (Lipinski definition) is 4. The van der Waals surface area contributed by atoms with Crippen molar-refractivity contribution in [2.24, 2.45) is 0 Å². The zero-order valence-corrected chi connectivity index (χ0v) is 11.4. The summed E-state index contributed by atoms with van der Waals surface area (Å²) < 4.78 is 27.1. The highest BCUT2D eigenvalue weighted by atomic mass is 32.2. The third-order valence-electron chi connectivity index (χ3n) is 2.78. The molecule has 0 bridgehead atoms. The maximum Gasteiger partial charge on any atom is 0.241 e. The number of anilines is 1. The molecular weight excluding hydrogens is 264 g/mol. The van der Waals surface area contributed by atoms with Crippen molar-refractivity contribution in [3.63, 3.8) is 0 Å². The highest BCUT2D eigenvalue weighted by Gasteiger charge is 2.18. The first-order chi connectivity index (χ1) is 9.03. The third-order valence-corrected chi connectivity index (χ3v) is 4.27. The number of sulfonamides is 1. The van der Waals surface area contributed by atoms with Crippen LogP contribution in [0.4, 0.5) is 5.69 Å². The molecule has 0 aliphatic heterocycles. The maximum absolute atomic E-state index is 12.3. The molecule has 0 aliphatic carbocycles. The Bertz CT molecular complexity index is 650. The van der Waals surface area contributed by atoms with Gasteiger partial charge in [-0.15, -0.1) is 0 Å². The Kier molecular flexibility index (Phi) is 3.87. The van der Waals surface area contributed by atoms with E-state index in [0.29, 0.717) is 12.1 Å². The van der Waals surface area contributed by atoms with Crippen LogP contribution >= 0.6 is 0 Å². The summed E-state index contributed by atoms with van der Waals surface area (Å²) in [5.74, 6) is 0. The van der Waals surface area contributed by atoms with Crippen LogP contribution < -0.4 is 10.5 Å². The summed E-state index contributed by atoms with van der Waals surface area (Å²) in [5, 5.41) is 6.40. The Labute approximate surface area is 112 Å². The Hall–Kier alpha value is -1.86. The number of benzene rings is 1. The number of rotatable bonds is 5. The van der Waals surface area contributed by atoms with Crippen molar-refractivity contribution < 1.29 is 8.42 Å². The van der Waals surface area contributed by atoms with Gasteiger partial charge in [-0.05, 0) is 24.1 Å². The van der Waals surface area contributed by atoms with Crippen molar-refractivity contribution in [3.05, 3.63) is 41.7 Å². The van der Waals surface area contributed by atoms with E-state index in [1.165, 1.54) is 6.07 Å². The molecule has 0 spiro atoms. The zero-order valence-electron chi connectivity index (χ0n) is 10.6. The fourth-order valence-corrected chi connectivity index (χ4v) is 3.10. The average Bonchev–Trinajstić information content (AvgIpc) is 2.89. The molecule has 1 aromatic carbocycles. The van der Waals surface area contributed by atoms with Crippen LogP contribution in [-0.2, 0) is 23.0 Å². The standard InChI is InChI=1S/C12H16N4O2S/c1-2-10-3-4-11(13)5-12(10)19(17,18)16-8-9-6-14-15-7-9/h3-7,16H,2,8,13H2,1H3,(H,14,15). The van der Waals surface area contributed by atoms with E-state index < -0.39 is 10.0 Å². The van der Waals surface area contributed by atoms with Gasteiger partial charge in [0.1, 0.15) is 0 Å². The Morgan fingerprint density at radius 3 is 2.84 bits per heavy atom. The van der Waals surface area contributed by atoms with Gasteiger partial charge in [-0.3, -0.25) is 5.10 Å². The molecule has 2 aromatic rings. The molecule has 19 heavy (non-hydrogen) atoms. The van der Waals surface area contributed by atoms with Crippen LogP contribution in [0.1, 0.15) is 18.1 Å². The number of nitrogen functional groups attached to an aromatic ring is 1. The van der Waals surface area contributed by atoms with Crippen molar-refractivity contribution in [2.75, 3.05) is 5.73 Å².